The number of halogens is 1. The number of benzene rings is 2. The first-order valence-corrected chi connectivity index (χ1v) is 9.29. The van der Waals surface area contributed by atoms with Gasteiger partial charge in [0.15, 0.2) is 0 Å². The Labute approximate surface area is 161 Å². The van der Waals surface area contributed by atoms with Crippen LogP contribution in [0.15, 0.2) is 59.4 Å². The SMILES string of the molecule is O=C(c1ccccc1)N1CCCC(c2nn(-c3ccc(Cl)cc3)c(=O)[nH]2)C1. The fourth-order valence-electron chi connectivity index (χ4n) is 3.43. The molecule has 1 saturated heterocycles. The number of carbonyl (C=O) groups excluding carboxylic acids is 1. The summed E-state index contributed by atoms with van der Waals surface area (Å²) in [7, 11) is 0. The number of aromatic nitrogens is 3. The van der Waals surface area contributed by atoms with Gasteiger partial charge >= 0.3 is 5.69 Å². The van der Waals surface area contributed by atoms with Gasteiger partial charge in [-0.05, 0) is 49.2 Å². The van der Waals surface area contributed by atoms with Gasteiger partial charge in [0.05, 0.1) is 5.69 Å². The summed E-state index contributed by atoms with van der Waals surface area (Å²) in [6, 6.07) is 16.2. The molecule has 4 rings (SSSR count). The molecule has 2 heterocycles. The summed E-state index contributed by atoms with van der Waals surface area (Å²) in [5.74, 6) is 0.632. The third kappa shape index (κ3) is 3.66. The van der Waals surface area contributed by atoms with Crippen molar-refractivity contribution in [1.82, 2.24) is 19.7 Å². The van der Waals surface area contributed by atoms with Crippen LogP contribution in [0.1, 0.15) is 34.9 Å². The molecule has 3 aromatic rings. The van der Waals surface area contributed by atoms with Crippen molar-refractivity contribution in [3.8, 4) is 5.69 Å². The first-order chi connectivity index (χ1) is 13.1. The number of H-pyrrole nitrogens is 1. The van der Waals surface area contributed by atoms with Crippen LogP contribution in [0.4, 0.5) is 0 Å². The predicted octanol–water partition coefficient (Wildman–Crippen LogP) is 3.23. The molecule has 2 aromatic carbocycles. The lowest BCUT2D eigenvalue weighted by Crippen LogP contribution is -2.39. The summed E-state index contributed by atoms with van der Waals surface area (Å²) in [6.45, 7) is 1.26. The predicted molar refractivity (Wildman–Crippen MR) is 104 cm³/mol. The van der Waals surface area contributed by atoms with Gasteiger partial charge in [-0.1, -0.05) is 29.8 Å². The van der Waals surface area contributed by atoms with E-state index in [9.17, 15) is 9.59 Å². The lowest BCUT2D eigenvalue weighted by atomic mass is 9.97. The molecule has 1 amide bonds. The first kappa shape index (κ1) is 17.5. The average molecular weight is 383 g/mol. The van der Waals surface area contributed by atoms with Gasteiger partial charge in [0, 0.05) is 29.6 Å². The second-order valence-corrected chi connectivity index (χ2v) is 7.10. The van der Waals surface area contributed by atoms with Crippen LogP contribution >= 0.6 is 11.6 Å². The van der Waals surface area contributed by atoms with Crippen molar-refractivity contribution in [2.24, 2.45) is 0 Å². The summed E-state index contributed by atoms with van der Waals surface area (Å²) >= 11 is 5.91. The zero-order valence-corrected chi connectivity index (χ0v) is 15.4. The fraction of sp³-hybridized carbons (Fsp3) is 0.250. The van der Waals surface area contributed by atoms with Gasteiger partial charge in [-0.15, -0.1) is 5.10 Å². The molecular formula is C20H19ClN4O2. The maximum Gasteiger partial charge on any atom is 0.348 e. The molecule has 0 aliphatic carbocycles. The summed E-state index contributed by atoms with van der Waals surface area (Å²) in [4.78, 5) is 29.7. The lowest BCUT2D eigenvalue weighted by molar-refractivity contribution is 0.0704. The molecule has 0 radical (unpaired) electrons. The number of nitrogens with one attached hydrogen (secondary N) is 1. The van der Waals surface area contributed by atoms with Crippen molar-refractivity contribution in [3.05, 3.63) is 81.5 Å². The minimum Gasteiger partial charge on any atom is -0.338 e. The van der Waals surface area contributed by atoms with Crippen LogP contribution in [0.5, 0.6) is 0 Å². The number of carbonyl (C=O) groups is 1. The third-order valence-electron chi connectivity index (χ3n) is 4.82. The highest BCUT2D eigenvalue weighted by Crippen LogP contribution is 2.25. The van der Waals surface area contributed by atoms with E-state index in [1.807, 2.05) is 35.2 Å². The second kappa shape index (κ2) is 7.40. The average Bonchev–Trinajstić information content (AvgIpc) is 3.10. The third-order valence-corrected chi connectivity index (χ3v) is 5.07. The van der Waals surface area contributed by atoms with E-state index >= 15 is 0 Å². The molecule has 6 nitrogen and oxygen atoms in total. The summed E-state index contributed by atoms with van der Waals surface area (Å²) in [5.41, 5.74) is 1.04. The minimum absolute atomic E-state index is 0.00709. The van der Waals surface area contributed by atoms with Crippen LogP contribution in [0.3, 0.4) is 0 Å². The molecule has 1 fully saturated rings. The number of rotatable bonds is 3. The Kier molecular flexibility index (Phi) is 4.81. The zero-order valence-electron chi connectivity index (χ0n) is 14.6. The van der Waals surface area contributed by atoms with Crippen LogP contribution in [-0.4, -0.2) is 38.7 Å². The number of amides is 1. The maximum atomic E-state index is 12.7. The molecular weight excluding hydrogens is 364 g/mol. The van der Waals surface area contributed by atoms with E-state index in [1.165, 1.54) is 4.68 Å². The number of likely N-dealkylation sites (tertiary alicyclic amines) is 1. The Hall–Kier alpha value is -2.86. The molecule has 1 N–H and O–H groups in total. The number of piperidine rings is 1. The molecule has 1 aliphatic rings. The van der Waals surface area contributed by atoms with Gasteiger partial charge in [0.2, 0.25) is 0 Å². The number of nitrogens with zero attached hydrogens (tertiary/aromatic N) is 3. The zero-order chi connectivity index (χ0) is 18.8. The molecule has 1 aromatic heterocycles. The van der Waals surface area contributed by atoms with E-state index in [4.69, 9.17) is 11.6 Å². The molecule has 7 heteroatoms. The van der Waals surface area contributed by atoms with Gasteiger partial charge in [-0.2, -0.15) is 4.68 Å². The van der Waals surface area contributed by atoms with Gasteiger partial charge in [-0.25, -0.2) is 4.79 Å². The van der Waals surface area contributed by atoms with E-state index in [-0.39, 0.29) is 17.5 Å². The molecule has 1 atom stereocenters. The topological polar surface area (TPSA) is 71.0 Å². The van der Waals surface area contributed by atoms with E-state index < -0.39 is 0 Å². The van der Waals surface area contributed by atoms with Crippen molar-refractivity contribution in [1.29, 1.82) is 0 Å². The van der Waals surface area contributed by atoms with E-state index in [0.717, 1.165) is 12.8 Å². The Balaban J connectivity index is 1.55. The highest BCUT2D eigenvalue weighted by atomic mass is 35.5. The minimum atomic E-state index is -0.293. The number of aromatic amines is 1. The van der Waals surface area contributed by atoms with Gasteiger partial charge < -0.3 is 4.90 Å². The molecule has 0 bridgehead atoms. The first-order valence-electron chi connectivity index (χ1n) is 8.91. The molecule has 0 spiro atoms. The van der Waals surface area contributed by atoms with E-state index in [0.29, 0.717) is 35.2 Å². The van der Waals surface area contributed by atoms with Gasteiger partial charge in [-0.3, -0.25) is 9.78 Å². The van der Waals surface area contributed by atoms with Crippen LogP contribution in [0.25, 0.3) is 5.69 Å². The monoisotopic (exact) mass is 382 g/mol. The van der Waals surface area contributed by atoms with Crippen molar-refractivity contribution in [2.45, 2.75) is 18.8 Å². The largest absolute Gasteiger partial charge is 0.348 e. The summed E-state index contributed by atoms with van der Waals surface area (Å²) in [5, 5.41) is 5.07. The Morgan fingerprint density at radius 3 is 2.59 bits per heavy atom. The van der Waals surface area contributed by atoms with E-state index in [1.54, 1.807) is 24.3 Å². The Morgan fingerprint density at radius 1 is 1.11 bits per heavy atom. The summed E-state index contributed by atoms with van der Waals surface area (Å²) < 4.78 is 1.34. The van der Waals surface area contributed by atoms with Crippen LogP contribution in [0.2, 0.25) is 5.02 Å². The Morgan fingerprint density at radius 2 is 1.85 bits per heavy atom. The second-order valence-electron chi connectivity index (χ2n) is 6.66. The van der Waals surface area contributed by atoms with E-state index in [2.05, 4.69) is 10.1 Å². The summed E-state index contributed by atoms with van der Waals surface area (Å²) in [6.07, 6.45) is 1.76. The molecule has 27 heavy (non-hydrogen) atoms. The smallest absolute Gasteiger partial charge is 0.338 e. The quantitative estimate of drug-likeness (QED) is 0.756. The molecule has 1 aliphatic heterocycles. The van der Waals surface area contributed by atoms with Crippen molar-refractivity contribution in [3.63, 3.8) is 0 Å². The van der Waals surface area contributed by atoms with Crippen molar-refractivity contribution in [2.75, 3.05) is 13.1 Å². The molecule has 0 saturated carbocycles. The van der Waals surface area contributed by atoms with Gasteiger partial charge in [0.25, 0.3) is 5.91 Å². The van der Waals surface area contributed by atoms with Crippen molar-refractivity contribution >= 4 is 17.5 Å². The molecule has 1 unspecified atom stereocenters. The number of hydrogen-bond donors (Lipinski definition) is 1. The number of hydrogen-bond acceptors (Lipinski definition) is 3. The molecule has 138 valence electrons. The van der Waals surface area contributed by atoms with Crippen LogP contribution in [0, 0.1) is 0 Å². The van der Waals surface area contributed by atoms with Crippen LogP contribution < -0.4 is 5.69 Å². The highest BCUT2D eigenvalue weighted by molar-refractivity contribution is 6.30. The van der Waals surface area contributed by atoms with Crippen LogP contribution in [-0.2, 0) is 0 Å². The fourth-order valence-corrected chi connectivity index (χ4v) is 3.56. The lowest BCUT2D eigenvalue weighted by Gasteiger charge is -2.31. The Bertz CT molecular complexity index is 995. The highest BCUT2D eigenvalue weighted by Gasteiger charge is 2.28. The normalized spacial score (nSPS) is 17.1. The standard InChI is InChI=1S/C20H19ClN4O2/c21-16-8-10-17(11-9-16)25-20(27)22-18(23-25)15-7-4-12-24(13-15)19(26)14-5-2-1-3-6-14/h1-3,5-6,8-11,15H,4,7,12-13H2,(H,22,23,27). The maximum absolute atomic E-state index is 12.7. The van der Waals surface area contributed by atoms with Crippen molar-refractivity contribution < 1.29 is 4.79 Å². The van der Waals surface area contributed by atoms with Gasteiger partial charge in [0.1, 0.15) is 5.82 Å².